The molecule has 3 rings (SSSR count). The molecule has 0 saturated carbocycles. The first kappa shape index (κ1) is 16.9. The van der Waals surface area contributed by atoms with Gasteiger partial charge in [0.25, 0.3) is 0 Å². The average Bonchev–Trinajstić information content (AvgIpc) is 2.98. The second kappa shape index (κ2) is 7.32. The number of halogens is 2. The largest absolute Gasteiger partial charge is 0.325 e. The Hall–Kier alpha value is -1.91. The van der Waals surface area contributed by atoms with Crippen LogP contribution in [0.1, 0.15) is 23.1 Å². The van der Waals surface area contributed by atoms with E-state index in [-0.39, 0.29) is 24.8 Å². The molecule has 0 radical (unpaired) electrons. The highest BCUT2D eigenvalue weighted by atomic mass is 35.5. The third-order valence-electron chi connectivity index (χ3n) is 4.29. The van der Waals surface area contributed by atoms with Crippen molar-refractivity contribution in [2.75, 3.05) is 18.9 Å². The van der Waals surface area contributed by atoms with Crippen molar-refractivity contribution in [2.24, 2.45) is 0 Å². The van der Waals surface area contributed by atoms with E-state index in [1.54, 1.807) is 24.1 Å². The topological polar surface area (TPSA) is 32.3 Å². The van der Waals surface area contributed by atoms with Gasteiger partial charge in [0.15, 0.2) is 0 Å². The summed E-state index contributed by atoms with van der Waals surface area (Å²) < 4.78 is 13.8. The number of aryl methyl sites for hydroxylation is 2. The van der Waals surface area contributed by atoms with Crippen LogP contribution in [0.5, 0.6) is 0 Å². The SMILES string of the molecule is CN(CC(=O)Nc1ccc2c(c1)CCC2)Cc1c(F)cccc1Cl. The molecule has 5 heteroatoms. The smallest absolute Gasteiger partial charge is 0.238 e. The van der Waals surface area contributed by atoms with Gasteiger partial charge in [0.05, 0.1) is 6.54 Å². The number of hydrogen-bond donors (Lipinski definition) is 1. The molecule has 1 aliphatic carbocycles. The highest BCUT2D eigenvalue weighted by molar-refractivity contribution is 6.31. The summed E-state index contributed by atoms with van der Waals surface area (Å²) in [5, 5.41) is 3.29. The van der Waals surface area contributed by atoms with Crippen LogP contribution in [0.25, 0.3) is 0 Å². The molecule has 1 aliphatic rings. The van der Waals surface area contributed by atoms with E-state index in [0.717, 1.165) is 18.5 Å². The molecule has 0 atom stereocenters. The first-order valence-corrected chi connectivity index (χ1v) is 8.44. The molecule has 0 spiro atoms. The monoisotopic (exact) mass is 346 g/mol. The molecule has 0 unspecified atom stereocenters. The van der Waals surface area contributed by atoms with E-state index in [0.29, 0.717) is 10.6 Å². The lowest BCUT2D eigenvalue weighted by atomic mass is 10.1. The van der Waals surface area contributed by atoms with Gasteiger partial charge in [-0.05, 0) is 61.7 Å². The first-order valence-electron chi connectivity index (χ1n) is 8.06. The summed E-state index contributed by atoms with van der Waals surface area (Å²) in [5.41, 5.74) is 3.92. The summed E-state index contributed by atoms with van der Waals surface area (Å²) in [6.45, 7) is 0.449. The molecule has 3 nitrogen and oxygen atoms in total. The van der Waals surface area contributed by atoms with Gasteiger partial charge in [0, 0.05) is 22.8 Å². The number of fused-ring (bicyclic) bond motifs is 1. The first-order chi connectivity index (χ1) is 11.5. The summed E-state index contributed by atoms with van der Waals surface area (Å²) >= 11 is 6.03. The van der Waals surface area contributed by atoms with E-state index in [4.69, 9.17) is 11.6 Å². The van der Waals surface area contributed by atoms with Gasteiger partial charge < -0.3 is 5.32 Å². The molecule has 0 aliphatic heterocycles. The number of rotatable bonds is 5. The zero-order valence-electron chi connectivity index (χ0n) is 13.6. The van der Waals surface area contributed by atoms with Gasteiger partial charge in [-0.2, -0.15) is 0 Å². The lowest BCUT2D eigenvalue weighted by Gasteiger charge is -2.17. The van der Waals surface area contributed by atoms with E-state index in [1.807, 2.05) is 12.1 Å². The maximum atomic E-state index is 13.8. The highest BCUT2D eigenvalue weighted by Gasteiger charge is 2.14. The van der Waals surface area contributed by atoms with Gasteiger partial charge in [-0.25, -0.2) is 4.39 Å². The van der Waals surface area contributed by atoms with Crippen molar-refractivity contribution < 1.29 is 9.18 Å². The predicted molar refractivity (Wildman–Crippen MR) is 94.8 cm³/mol. The molecule has 0 heterocycles. The third kappa shape index (κ3) is 3.94. The Balaban J connectivity index is 1.58. The van der Waals surface area contributed by atoms with Crippen molar-refractivity contribution in [1.29, 1.82) is 0 Å². The molecule has 24 heavy (non-hydrogen) atoms. The van der Waals surface area contributed by atoms with Crippen molar-refractivity contribution >= 4 is 23.2 Å². The Bertz CT molecular complexity index is 743. The van der Waals surface area contributed by atoms with Crippen molar-refractivity contribution in [1.82, 2.24) is 4.90 Å². The van der Waals surface area contributed by atoms with E-state index in [1.165, 1.54) is 23.6 Å². The minimum Gasteiger partial charge on any atom is -0.325 e. The normalized spacial score (nSPS) is 13.2. The maximum Gasteiger partial charge on any atom is 0.238 e. The summed E-state index contributed by atoms with van der Waals surface area (Å²) in [6.07, 6.45) is 3.37. The summed E-state index contributed by atoms with van der Waals surface area (Å²) in [7, 11) is 1.77. The van der Waals surface area contributed by atoms with Gasteiger partial charge in [-0.3, -0.25) is 9.69 Å². The van der Waals surface area contributed by atoms with Crippen LogP contribution in [0.4, 0.5) is 10.1 Å². The second-order valence-corrected chi connectivity index (χ2v) is 6.66. The predicted octanol–water partition coefficient (Wildman–Crippen LogP) is 4.04. The van der Waals surface area contributed by atoms with Crippen LogP contribution in [-0.2, 0) is 24.2 Å². The highest BCUT2D eigenvalue weighted by Crippen LogP contribution is 2.25. The molecular weight excluding hydrogens is 327 g/mol. The van der Waals surface area contributed by atoms with Gasteiger partial charge in [0.1, 0.15) is 5.82 Å². The maximum absolute atomic E-state index is 13.8. The fourth-order valence-electron chi connectivity index (χ4n) is 3.10. The number of carbonyl (C=O) groups is 1. The zero-order chi connectivity index (χ0) is 17.1. The van der Waals surface area contributed by atoms with Crippen LogP contribution in [0.3, 0.4) is 0 Å². The number of anilines is 1. The van der Waals surface area contributed by atoms with Crippen LogP contribution in [0.2, 0.25) is 5.02 Å². The number of likely N-dealkylation sites (N-methyl/N-ethyl adjacent to an activating group) is 1. The number of amides is 1. The van der Waals surface area contributed by atoms with Gasteiger partial charge in [-0.15, -0.1) is 0 Å². The van der Waals surface area contributed by atoms with E-state index < -0.39 is 0 Å². The van der Waals surface area contributed by atoms with Gasteiger partial charge >= 0.3 is 0 Å². The second-order valence-electron chi connectivity index (χ2n) is 6.26. The van der Waals surface area contributed by atoms with Crippen LogP contribution in [0.15, 0.2) is 36.4 Å². The molecule has 1 N–H and O–H groups in total. The average molecular weight is 347 g/mol. The summed E-state index contributed by atoms with van der Waals surface area (Å²) in [6, 6.07) is 10.7. The summed E-state index contributed by atoms with van der Waals surface area (Å²) in [5.74, 6) is -0.476. The molecule has 0 aromatic heterocycles. The van der Waals surface area contributed by atoms with Crippen LogP contribution in [0, 0.1) is 5.82 Å². The van der Waals surface area contributed by atoms with Crippen molar-refractivity contribution in [3.63, 3.8) is 0 Å². The number of nitrogens with one attached hydrogen (secondary N) is 1. The van der Waals surface area contributed by atoms with Gasteiger partial charge in [-0.1, -0.05) is 23.7 Å². The molecule has 126 valence electrons. The minimum absolute atomic E-state index is 0.122. The van der Waals surface area contributed by atoms with Gasteiger partial charge in [0.2, 0.25) is 5.91 Å². The van der Waals surface area contributed by atoms with Crippen LogP contribution < -0.4 is 5.32 Å². The third-order valence-corrected chi connectivity index (χ3v) is 4.64. The molecule has 0 fully saturated rings. The Morgan fingerprint density at radius 1 is 1.25 bits per heavy atom. The standard InChI is InChI=1S/C19H20ClFN2O/c1-23(11-16-17(20)6-3-7-18(16)21)12-19(24)22-15-9-8-13-4-2-5-14(13)10-15/h3,6-10H,2,4-5,11-12H2,1H3,(H,22,24). The number of benzene rings is 2. The van der Waals surface area contributed by atoms with E-state index in [9.17, 15) is 9.18 Å². The van der Waals surface area contributed by atoms with E-state index in [2.05, 4.69) is 11.4 Å². The number of hydrogen-bond acceptors (Lipinski definition) is 2. The van der Waals surface area contributed by atoms with Crippen LogP contribution >= 0.6 is 11.6 Å². The molecule has 0 bridgehead atoms. The number of nitrogens with zero attached hydrogens (tertiary/aromatic N) is 1. The Morgan fingerprint density at radius 2 is 2.04 bits per heavy atom. The minimum atomic E-state index is -0.353. The fourth-order valence-corrected chi connectivity index (χ4v) is 3.33. The van der Waals surface area contributed by atoms with E-state index >= 15 is 0 Å². The zero-order valence-corrected chi connectivity index (χ0v) is 14.4. The Morgan fingerprint density at radius 3 is 2.83 bits per heavy atom. The fraction of sp³-hybridized carbons (Fsp3) is 0.316. The lowest BCUT2D eigenvalue weighted by molar-refractivity contribution is -0.117. The lowest BCUT2D eigenvalue weighted by Crippen LogP contribution is -2.30. The van der Waals surface area contributed by atoms with Crippen LogP contribution in [-0.4, -0.2) is 24.4 Å². The quantitative estimate of drug-likeness (QED) is 0.886. The molecule has 0 saturated heterocycles. The Kier molecular flexibility index (Phi) is 5.17. The summed E-state index contributed by atoms with van der Waals surface area (Å²) in [4.78, 5) is 13.9. The van der Waals surface area contributed by atoms with Crippen molar-refractivity contribution in [3.8, 4) is 0 Å². The molecular formula is C19H20ClFN2O. The molecule has 1 amide bonds. The van der Waals surface area contributed by atoms with Crippen molar-refractivity contribution in [2.45, 2.75) is 25.8 Å². The molecule has 2 aromatic carbocycles. The molecule has 2 aromatic rings. The number of carbonyl (C=O) groups excluding carboxylic acids is 1. The Labute approximate surface area is 146 Å². The van der Waals surface area contributed by atoms with Crippen molar-refractivity contribution in [3.05, 3.63) is 63.9 Å².